The van der Waals surface area contributed by atoms with E-state index in [0.29, 0.717) is 12.1 Å². The normalized spacial score (nSPS) is 23.4. The standard InChI is InChI=1S/C5H9N3O2/c1-3-2-4(8-10-3)5(9)7-6/h3H,2,6H2,1H3,(H,7,9). The van der Waals surface area contributed by atoms with E-state index in [4.69, 9.17) is 10.7 Å². The first kappa shape index (κ1) is 7.01. The Bertz CT molecular complexity index is 178. The molecule has 1 aliphatic heterocycles. The van der Waals surface area contributed by atoms with Gasteiger partial charge in [0.2, 0.25) is 0 Å². The Balaban J connectivity index is 2.51. The first-order valence-corrected chi connectivity index (χ1v) is 2.97. The summed E-state index contributed by atoms with van der Waals surface area (Å²) in [6.45, 7) is 1.83. The lowest BCUT2D eigenvalue weighted by atomic mass is 10.2. The largest absolute Gasteiger partial charge is 0.392 e. The topological polar surface area (TPSA) is 76.7 Å². The SMILES string of the molecule is CC1CC(C(=O)NN)=NO1. The fraction of sp³-hybridized carbons (Fsp3) is 0.600. The summed E-state index contributed by atoms with van der Waals surface area (Å²) in [5, 5.41) is 3.51. The lowest BCUT2D eigenvalue weighted by Crippen LogP contribution is -2.35. The smallest absolute Gasteiger partial charge is 0.283 e. The summed E-state index contributed by atoms with van der Waals surface area (Å²) in [5.41, 5.74) is 2.33. The summed E-state index contributed by atoms with van der Waals surface area (Å²) in [7, 11) is 0. The van der Waals surface area contributed by atoms with Crippen LogP contribution < -0.4 is 11.3 Å². The third-order valence-electron chi connectivity index (χ3n) is 1.22. The number of hydrogen-bond acceptors (Lipinski definition) is 4. The second-order valence-electron chi connectivity index (χ2n) is 2.13. The van der Waals surface area contributed by atoms with Crippen LogP contribution in [0, 0.1) is 0 Å². The van der Waals surface area contributed by atoms with Crippen LogP contribution in [-0.4, -0.2) is 17.7 Å². The van der Waals surface area contributed by atoms with Crippen molar-refractivity contribution in [2.45, 2.75) is 19.4 Å². The molecule has 0 saturated carbocycles. The molecule has 0 saturated heterocycles. The molecule has 1 amide bonds. The number of carbonyl (C=O) groups excluding carboxylic acids is 1. The molecule has 0 aliphatic carbocycles. The van der Waals surface area contributed by atoms with E-state index in [1.165, 1.54) is 0 Å². The van der Waals surface area contributed by atoms with Gasteiger partial charge in [0.1, 0.15) is 11.8 Å². The predicted molar refractivity (Wildman–Crippen MR) is 34.9 cm³/mol. The average Bonchev–Trinajstić information content (AvgIpc) is 2.34. The quantitative estimate of drug-likeness (QED) is 0.285. The highest BCUT2D eigenvalue weighted by atomic mass is 16.6. The van der Waals surface area contributed by atoms with Crippen molar-refractivity contribution in [3.05, 3.63) is 0 Å². The Morgan fingerprint density at radius 2 is 2.70 bits per heavy atom. The van der Waals surface area contributed by atoms with Gasteiger partial charge in [-0.05, 0) is 6.92 Å². The van der Waals surface area contributed by atoms with Crippen molar-refractivity contribution in [2.75, 3.05) is 0 Å². The molecule has 5 heteroatoms. The third kappa shape index (κ3) is 1.24. The summed E-state index contributed by atoms with van der Waals surface area (Å²) in [5.74, 6) is 4.49. The van der Waals surface area contributed by atoms with Gasteiger partial charge >= 0.3 is 0 Å². The van der Waals surface area contributed by atoms with Crippen molar-refractivity contribution >= 4 is 11.6 Å². The maximum absolute atomic E-state index is 10.7. The third-order valence-corrected chi connectivity index (χ3v) is 1.22. The molecule has 1 rings (SSSR count). The van der Waals surface area contributed by atoms with Gasteiger partial charge in [-0.25, -0.2) is 5.84 Å². The highest BCUT2D eigenvalue weighted by molar-refractivity contribution is 6.38. The van der Waals surface area contributed by atoms with Gasteiger partial charge < -0.3 is 4.84 Å². The minimum atomic E-state index is -0.371. The van der Waals surface area contributed by atoms with Crippen molar-refractivity contribution in [1.82, 2.24) is 5.43 Å². The molecule has 1 aliphatic rings. The highest BCUT2D eigenvalue weighted by Crippen LogP contribution is 2.08. The molecule has 10 heavy (non-hydrogen) atoms. The van der Waals surface area contributed by atoms with E-state index in [2.05, 4.69) is 5.16 Å². The number of carbonyl (C=O) groups is 1. The molecular formula is C5H9N3O2. The van der Waals surface area contributed by atoms with Gasteiger partial charge in [-0.15, -0.1) is 0 Å². The summed E-state index contributed by atoms with van der Waals surface area (Å²) < 4.78 is 0. The zero-order valence-electron chi connectivity index (χ0n) is 5.63. The van der Waals surface area contributed by atoms with Crippen LogP contribution in [0.2, 0.25) is 0 Å². The van der Waals surface area contributed by atoms with Gasteiger partial charge in [-0.2, -0.15) is 0 Å². The van der Waals surface area contributed by atoms with E-state index in [9.17, 15) is 4.79 Å². The van der Waals surface area contributed by atoms with Crippen LogP contribution in [0.15, 0.2) is 5.16 Å². The van der Waals surface area contributed by atoms with E-state index >= 15 is 0 Å². The maximum Gasteiger partial charge on any atom is 0.283 e. The number of nitrogens with two attached hydrogens (primary N) is 1. The fourth-order valence-corrected chi connectivity index (χ4v) is 0.718. The average molecular weight is 143 g/mol. The number of oxime groups is 1. The molecule has 1 heterocycles. The molecule has 56 valence electrons. The number of nitrogens with one attached hydrogen (secondary N) is 1. The monoisotopic (exact) mass is 143 g/mol. The number of rotatable bonds is 1. The first-order valence-electron chi connectivity index (χ1n) is 2.97. The summed E-state index contributed by atoms with van der Waals surface area (Å²) in [6.07, 6.45) is 0.524. The zero-order valence-corrected chi connectivity index (χ0v) is 5.63. The Kier molecular flexibility index (Phi) is 1.86. The number of amides is 1. The molecule has 0 bridgehead atoms. The zero-order chi connectivity index (χ0) is 7.56. The lowest BCUT2D eigenvalue weighted by molar-refractivity contribution is -0.114. The van der Waals surface area contributed by atoms with Crippen molar-refractivity contribution in [3.63, 3.8) is 0 Å². The van der Waals surface area contributed by atoms with Crippen molar-refractivity contribution in [1.29, 1.82) is 0 Å². The Hall–Kier alpha value is -1.10. The van der Waals surface area contributed by atoms with Crippen LogP contribution in [0.25, 0.3) is 0 Å². The highest BCUT2D eigenvalue weighted by Gasteiger charge is 2.21. The van der Waals surface area contributed by atoms with Crippen LogP contribution in [0.1, 0.15) is 13.3 Å². The second kappa shape index (κ2) is 2.66. The summed E-state index contributed by atoms with van der Waals surface area (Å²) in [6, 6.07) is 0. The minimum absolute atomic E-state index is 0.00713. The van der Waals surface area contributed by atoms with Crippen molar-refractivity contribution in [3.8, 4) is 0 Å². The van der Waals surface area contributed by atoms with Gasteiger partial charge in [-0.1, -0.05) is 5.16 Å². The molecular weight excluding hydrogens is 134 g/mol. The van der Waals surface area contributed by atoms with Crippen LogP contribution in [0.4, 0.5) is 0 Å². The fourth-order valence-electron chi connectivity index (χ4n) is 0.718. The number of nitrogens with zero attached hydrogens (tertiary/aromatic N) is 1. The Labute approximate surface area is 58.2 Å². The van der Waals surface area contributed by atoms with Crippen molar-refractivity contribution < 1.29 is 9.63 Å². The van der Waals surface area contributed by atoms with E-state index in [1.807, 2.05) is 12.3 Å². The van der Waals surface area contributed by atoms with E-state index in [1.54, 1.807) is 0 Å². The molecule has 1 atom stereocenters. The van der Waals surface area contributed by atoms with Crippen LogP contribution >= 0.6 is 0 Å². The molecule has 3 N–H and O–H groups in total. The predicted octanol–water partition coefficient (Wildman–Crippen LogP) is -0.859. The van der Waals surface area contributed by atoms with Gasteiger partial charge in [0.15, 0.2) is 0 Å². The number of hydrogen-bond donors (Lipinski definition) is 2. The second-order valence-corrected chi connectivity index (χ2v) is 2.13. The molecule has 1 unspecified atom stereocenters. The molecule has 0 aromatic heterocycles. The molecule has 5 nitrogen and oxygen atoms in total. The molecule has 0 fully saturated rings. The number of hydrazine groups is 1. The van der Waals surface area contributed by atoms with Crippen molar-refractivity contribution in [2.24, 2.45) is 11.0 Å². The molecule has 0 aromatic carbocycles. The molecule has 0 spiro atoms. The molecule has 0 radical (unpaired) electrons. The molecule has 0 aromatic rings. The Morgan fingerprint density at radius 1 is 2.00 bits per heavy atom. The van der Waals surface area contributed by atoms with Gasteiger partial charge in [-0.3, -0.25) is 10.2 Å². The minimum Gasteiger partial charge on any atom is -0.392 e. The van der Waals surface area contributed by atoms with Gasteiger partial charge in [0.05, 0.1) is 0 Å². The first-order chi connectivity index (χ1) is 4.74. The van der Waals surface area contributed by atoms with Crippen LogP contribution in [0.3, 0.4) is 0 Å². The van der Waals surface area contributed by atoms with Gasteiger partial charge in [0, 0.05) is 6.42 Å². The van der Waals surface area contributed by atoms with Crippen LogP contribution in [-0.2, 0) is 9.63 Å². The Morgan fingerprint density at radius 3 is 3.10 bits per heavy atom. The van der Waals surface area contributed by atoms with E-state index in [-0.39, 0.29) is 12.0 Å². The van der Waals surface area contributed by atoms with E-state index in [0.717, 1.165) is 0 Å². The van der Waals surface area contributed by atoms with E-state index < -0.39 is 0 Å². The lowest BCUT2D eigenvalue weighted by Gasteiger charge is -1.95. The maximum atomic E-state index is 10.7. The summed E-state index contributed by atoms with van der Waals surface area (Å²) >= 11 is 0. The van der Waals surface area contributed by atoms with Crippen LogP contribution in [0.5, 0.6) is 0 Å². The van der Waals surface area contributed by atoms with Gasteiger partial charge in [0.25, 0.3) is 5.91 Å². The summed E-state index contributed by atoms with van der Waals surface area (Å²) in [4.78, 5) is 15.5.